The summed E-state index contributed by atoms with van der Waals surface area (Å²) in [5, 5.41) is 12.5. The van der Waals surface area contributed by atoms with Gasteiger partial charge in [-0.3, -0.25) is 4.79 Å². The van der Waals surface area contributed by atoms with Crippen molar-refractivity contribution >= 4 is 12.1 Å². The summed E-state index contributed by atoms with van der Waals surface area (Å²) < 4.78 is 5.67. The predicted octanol–water partition coefficient (Wildman–Crippen LogP) is 5.23. The van der Waals surface area contributed by atoms with E-state index in [1.54, 1.807) is 0 Å². The first kappa shape index (κ1) is 19.4. The molecule has 1 amide bonds. The number of aliphatic carboxylic acids is 1. The molecule has 0 saturated heterocycles. The summed E-state index contributed by atoms with van der Waals surface area (Å²) >= 11 is 0. The normalized spacial score (nSPS) is 19.1. The number of nitrogens with one attached hydrogen (secondary N) is 1. The number of carboxylic acids is 1. The molecular formula is C26H23NO4. The molecule has 0 aromatic heterocycles. The first-order valence-electron chi connectivity index (χ1n) is 10.6. The highest BCUT2D eigenvalue weighted by atomic mass is 16.5. The number of ether oxygens (including phenoxy) is 1. The summed E-state index contributed by atoms with van der Waals surface area (Å²) in [4.78, 5) is 24.3. The molecule has 2 N–H and O–H groups in total. The zero-order valence-corrected chi connectivity index (χ0v) is 17.0. The van der Waals surface area contributed by atoms with Gasteiger partial charge in [-0.15, -0.1) is 0 Å². The number of hydrogen-bond acceptors (Lipinski definition) is 3. The molecule has 0 heterocycles. The topological polar surface area (TPSA) is 75.6 Å². The molecule has 0 unspecified atom stereocenters. The molecular weight excluding hydrogens is 390 g/mol. The highest BCUT2D eigenvalue weighted by Crippen LogP contribution is 2.44. The molecule has 0 fully saturated rings. The van der Waals surface area contributed by atoms with Crippen LogP contribution in [0.25, 0.3) is 11.1 Å². The molecule has 3 aromatic carbocycles. The van der Waals surface area contributed by atoms with Crippen LogP contribution in [0.15, 0.2) is 72.8 Å². The lowest BCUT2D eigenvalue weighted by Gasteiger charge is -2.30. The monoisotopic (exact) mass is 413 g/mol. The Bertz CT molecular complexity index is 1110. The number of hydrogen-bond donors (Lipinski definition) is 2. The van der Waals surface area contributed by atoms with Crippen LogP contribution in [0.2, 0.25) is 0 Å². The molecule has 0 bridgehead atoms. The van der Waals surface area contributed by atoms with E-state index in [-0.39, 0.29) is 18.6 Å². The summed E-state index contributed by atoms with van der Waals surface area (Å²) in [6, 6.07) is 23.6. The van der Waals surface area contributed by atoms with Crippen molar-refractivity contribution in [3.8, 4) is 11.1 Å². The van der Waals surface area contributed by atoms with Crippen molar-refractivity contribution in [3.05, 3.63) is 95.1 Å². The number of benzene rings is 3. The minimum Gasteiger partial charge on any atom is -0.481 e. The van der Waals surface area contributed by atoms with Crippen LogP contribution in [-0.2, 0) is 9.53 Å². The van der Waals surface area contributed by atoms with E-state index in [0.29, 0.717) is 12.8 Å². The van der Waals surface area contributed by atoms with Crippen molar-refractivity contribution in [1.82, 2.24) is 5.32 Å². The average Bonchev–Trinajstić information content (AvgIpc) is 3.11. The van der Waals surface area contributed by atoms with Crippen molar-refractivity contribution < 1.29 is 19.4 Å². The van der Waals surface area contributed by atoms with Crippen LogP contribution < -0.4 is 5.32 Å². The molecule has 3 aromatic rings. The second-order valence-electron chi connectivity index (χ2n) is 8.12. The lowest BCUT2D eigenvalue weighted by atomic mass is 9.80. The third-order valence-corrected chi connectivity index (χ3v) is 6.42. The van der Waals surface area contributed by atoms with Gasteiger partial charge in [0.2, 0.25) is 0 Å². The third-order valence-electron chi connectivity index (χ3n) is 6.42. The summed E-state index contributed by atoms with van der Waals surface area (Å²) in [5.74, 6) is -1.35. The first-order valence-corrected chi connectivity index (χ1v) is 10.6. The molecule has 31 heavy (non-hydrogen) atoms. The Balaban J connectivity index is 1.30. The molecule has 156 valence electrons. The van der Waals surface area contributed by atoms with E-state index in [1.807, 2.05) is 48.5 Å². The number of alkyl carbamates (subject to hydrolysis) is 1. The Kier molecular flexibility index (Phi) is 4.94. The third kappa shape index (κ3) is 3.46. The standard InChI is InChI=1S/C26H23NO4/c28-25(29)22-13-14-24(21-12-6-5-11-20(21)22)27-26(30)31-15-23-18-9-3-1-7-16(18)17-8-2-4-10-19(17)23/h1-12,22-24H,13-15H2,(H,27,30)(H,28,29)/t22-,24+/m1/s1. The molecule has 0 spiro atoms. The Morgan fingerprint density at radius 2 is 1.35 bits per heavy atom. The van der Waals surface area contributed by atoms with Gasteiger partial charge >= 0.3 is 12.1 Å². The van der Waals surface area contributed by atoms with Crippen LogP contribution in [0, 0.1) is 0 Å². The first-order chi connectivity index (χ1) is 15.1. The van der Waals surface area contributed by atoms with Gasteiger partial charge < -0.3 is 15.2 Å². The van der Waals surface area contributed by atoms with Crippen LogP contribution in [-0.4, -0.2) is 23.8 Å². The second kappa shape index (κ2) is 7.91. The van der Waals surface area contributed by atoms with Crippen molar-refractivity contribution in [2.24, 2.45) is 0 Å². The van der Waals surface area contributed by atoms with Crippen LogP contribution in [0.3, 0.4) is 0 Å². The minimum absolute atomic E-state index is 0.00758. The molecule has 5 rings (SSSR count). The molecule has 0 radical (unpaired) electrons. The molecule has 5 heteroatoms. The summed E-state index contributed by atoms with van der Waals surface area (Å²) in [6.07, 6.45) is 0.578. The average molecular weight is 413 g/mol. The van der Waals surface area contributed by atoms with E-state index < -0.39 is 18.0 Å². The van der Waals surface area contributed by atoms with Crippen LogP contribution >= 0.6 is 0 Å². The number of rotatable bonds is 4. The van der Waals surface area contributed by atoms with Gasteiger partial charge in [0.25, 0.3) is 0 Å². The van der Waals surface area contributed by atoms with Gasteiger partial charge in [-0.25, -0.2) is 4.79 Å². The van der Waals surface area contributed by atoms with Gasteiger partial charge in [-0.05, 0) is 46.2 Å². The molecule has 2 atom stereocenters. The largest absolute Gasteiger partial charge is 0.481 e. The maximum absolute atomic E-state index is 12.7. The van der Waals surface area contributed by atoms with Crippen molar-refractivity contribution in [2.75, 3.05) is 6.61 Å². The Labute approximate surface area is 180 Å². The van der Waals surface area contributed by atoms with Crippen LogP contribution in [0.1, 0.15) is 53.0 Å². The maximum Gasteiger partial charge on any atom is 0.407 e. The smallest absolute Gasteiger partial charge is 0.407 e. The Morgan fingerprint density at radius 1 is 0.806 bits per heavy atom. The fourth-order valence-electron chi connectivity index (χ4n) is 4.98. The van der Waals surface area contributed by atoms with E-state index in [4.69, 9.17) is 4.74 Å². The van der Waals surface area contributed by atoms with Gasteiger partial charge in [0, 0.05) is 5.92 Å². The highest BCUT2D eigenvalue weighted by molar-refractivity contribution is 5.79. The summed E-state index contributed by atoms with van der Waals surface area (Å²) in [6.45, 7) is 0.256. The van der Waals surface area contributed by atoms with Gasteiger partial charge in [-0.1, -0.05) is 72.8 Å². The van der Waals surface area contributed by atoms with Gasteiger partial charge in [-0.2, -0.15) is 0 Å². The Hall–Kier alpha value is -3.60. The number of carbonyl (C=O) groups is 2. The van der Waals surface area contributed by atoms with E-state index in [0.717, 1.165) is 11.1 Å². The fraction of sp³-hybridized carbons (Fsp3) is 0.231. The molecule has 2 aliphatic rings. The molecule has 5 nitrogen and oxygen atoms in total. The number of amides is 1. The molecule has 0 saturated carbocycles. The summed E-state index contributed by atoms with van der Waals surface area (Å²) in [7, 11) is 0. The van der Waals surface area contributed by atoms with Gasteiger partial charge in [0.1, 0.15) is 6.61 Å². The quantitative estimate of drug-likeness (QED) is 0.614. The fourth-order valence-corrected chi connectivity index (χ4v) is 4.98. The molecule has 0 aliphatic heterocycles. The SMILES string of the molecule is O=C(N[C@H]1CC[C@@H](C(=O)O)c2ccccc21)OCC1c2ccccc2-c2ccccc21. The lowest BCUT2D eigenvalue weighted by Crippen LogP contribution is -2.34. The van der Waals surface area contributed by atoms with Crippen molar-refractivity contribution in [1.29, 1.82) is 0 Å². The second-order valence-corrected chi connectivity index (χ2v) is 8.12. The Morgan fingerprint density at radius 3 is 1.97 bits per heavy atom. The van der Waals surface area contributed by atoms with Crippen LogP contribution in [0.4, 0.5) is 4.79 Å². The summed E-state index contributed by atoms with van der Waals surface area (Å²) in [5.41, 5.74) is 6.34. The molecule has 2 aliphatic carbocycles. The van der Waals surface area contributed by atoms with Crippen molar-refractivity contribution in [3.63, 3.8) is 0 Å². The highest BCUT2D eigenvalue weighted by Gasteiger charge is 2.33. The number of fused-ring (bicyclic) bond motifs is 4. The zero-order chi connectivity index (χ0) is 21.4. The van der Waals surface area contributed by atoms with E-state index in [2.05, 4.69) is 29.6 Å². The van der Waals surface area contributed by atoms with E-state index in [9.17, 15) is 14.7 Å². The minimum atomic E-state index is -0.827. The van der Waals surface area contributed by atoms with Gasteiger partial charge in [0.05, 0.1) is 12.0 Å². The number of carbonyl (C=O) groups excluding carboxylic acids is 1. The predicted molar refractivity (Wildman–Crippen MR) is 117 cm³/mol. The van der Waals surface area contributed by atoms with Crippen LogP contribution in [0.5, 0.6) is 0 Å². The van der Waals surface area contributed by atoms with Crippen molar-refractivity contribution in [2.45, 2.75) is 30.7 Å². The van der Waals surface area contributed by atoms with E-state index in [1.165, 1.54) is 22.3 Å². The number of carboxylic acid groups (broad SMARTS) is 1. The lowest BCUT2D eigenvalue weighted by molar-refractivity contribution is -0.139. The van der Waals surface area contributed by atoms with E-state index >= 15 is 0 Å². The maximum atomic E-state index is 12.7. The van der Waals surface area contributed by atoms with Gasteiger partial charge in [0.15, 0.2) is 0 Å². The zero-order valence-electron chi connectivity index (χ0n) is 17.0.